The van der Waals surface area contributed by atoms with Gasteiger partial charge in [0.1, 0.15) is 0 Å². The largest absolute Gasteiger partial charge is 0.478 e. The van der Waals surface area contributed by atoms with Crippen molar-refractivity contribution in [2.24, 2.45) is 0 Å². The molecule has 28 heavy (non-hydrogen) atoms. The van der Waals surface area contributed by atoms with Crippen LogP contribution in [0.15, 0.2) is 24.3 Å². The van der Waals surface area contributed by atoms with E-state index < -0.39 is 22.7 Å². The van der Waals surface area contributed by atoms with Crippen molar-refractivity contribution in [3.8, 4) is 0 Å². The number of hydrogen-bond acceptors (Lipinski definition) is 5. The van der Waals surface area contributed by atoms with E-state index in [1.165, 1.54) is 51.2 Å². The Morgan fingerprint density at radius 3 is 2.00 bits per heavy atom. The lowest BCUT2D eigenvalue weighted by Gasteiger charge is -2.27. The molecule has 0 radical (unpaired) electrons. The standard InChI is InChI=1S/C21H29NO5S/c1-3-4-5-6-7-8-9-12-15-28-21(2,20(25)26)27-22-18(23)16-13-10-11-14-17(16)19(22)24/h10-11,13-14H,3-9,12,15H2,1-2H3,(H,25,26). The highest BCUT2D eigenvalue weighted by molar-refractivity contribution is 8.01. The number of carboxylic acids is 1. The van der Waals surface area contributed by atoms with Gasteiger partial charge >= 0.3 is 5.97 Å². The van der Waals surface area contributed by atoms with Crippen LogP contribution in [0.5, 0.6) is 0 Å². The number of nitrogens with zero attached hydrogens (tertiary/aromatic N) is 1. The fourth-order valence-corrected chi connectivity index (χ4v) is 4.04. The van der Waals surface area contributed by atoms with Gasteiger partial charge in [-0.25, -0.2) is 9.63 Å². The van der Waals surface area contributed by atoms with E-state index in [9.17, 15) is 19.5 Å². The second-order valence-corrected chi connectivity index (χ2v) is 8.59. The summed E-state index contributed by atoms with van der Waals surface area (Å²) in [5.74, 6) is -1.88. The van der Waals surface area contributed by atoms with Crippen LogP contribution in [-0.4, -0.2) is 38.6 Å². The second-order valence-electron chi connectivity index (χ2n) is 7.12. The predicted octanol–water partition coefficient (Wildman–Crippen LogP) is 4.89. The van der Waals surface area contributed by atoms with Crippen molar-refractivity contribution in [3.05, 3.63) is 35.4 Å². The molecular weight excluding hydrogens is 378 g/mol. The van der Waals surface area contributed by atoms with Crippen LogP contribution in [0.1, 0.15) is 85.9 Å². The molecule has 0 aliphatic carbocycles. The molecule has 1 aromatic rings. The van der Waals surface area contributed by atoms with E-state index in [2.05, 4.69) is 6.92 Å². The number of carbonyl (C=O) groups is 3. The van der Waals surface area contributed by atoms with Crippen molar-refractivity contribution in [1.29, 1.82) is 0 Å². The monoisotopic (exact) mass is 407 g/mol. The Hall–Kier alpha value is -1.86. The van der Waals surface area contributed by atoms with Crippen molar-refractivity contribution in [2.75, 3.05) is 5.75 Å². The fourth-order valence-electron chi connectivity index (χ4n) is 3.05. The molecule has 0 aromatic heterocycles. The number of hydroxylamine groups is 2. The van der Waals surface area contributed by atoms with Crippen LogP contribution in [0, 0.1) is 0 Å². The first-order chi connectivity index (χ1) is 13.4. The van der Waals surface area contributed by atoms with E-state index in [0.717, 1.165) is 31.0 Å². The molecule has 0 spiro atoms. The molecule has 6 nitrogen and oxygen atoms in total. The van der Waals surface area contributed by atoms with Gasteiger partial charge in [-0.2, -0.15) is 0 Å². The lowest BCUT2D eigenvalue weighted by molar-refractivity contribution is -0.179. The molecule has 1 aliphatic heterocycles. The van der Waals surface area contributed by atoms with Crippen LogP contribution in [0.2, 0.25) is 0 Å². The molecular formula is C21H29NO5S. The molecule has 1 atom stereocenters. The lowest BCUT2D eigenvalue weighted by Crippen LogP contribution is -2.44. The zero-order chi connectivity index (χ0) is 20.6. The van der Waals surface area contributed by atoms with Crippen LogP contribution >= 0.6 is 11.8 Å². The molecule has 7 heteroatoms. The first-order valence-electron chi connectivity index (χ1n) is 9.95. The predicted molar refractivity (Wildman–Crippen MR) is 109 cm³/mol. The Morgan fingerprint density at radius 1 is 1.00 bits per heavy atom. The molecule has 0 saturated carbocycles. The number of amides is 2. The van der Waals surface area contributed by atoms with Crippen LogP contribution in [0.25, 0.3) is 0 Å². The van der Waals surface area contributed by atoms with Crippen LogP contribution in [0.4, 0.5) is 0 Å². The zero-order valence-corrected chi connectivity index (χ0v) is 17.4. The summed E-state index contributed by atoms with van der Waals surface area (Å²) in [7, 11) is 0. The highest BCUT2D eigenvalue weighted by atomic mass is 32.2. The highest BCUT2D eigenvalue weighted by Gasteiger charge is 2.45. The van der Waals surface area contributed by atoms with E-state index >= 15 is 0 Å². The third-order valence-electron chi connectivity index (χ3n) is 4.79. The molecule has 2 rings (SSSR count). The summed E-state index contributed by atoms with van der Waals surface area (Å²) in [5.41, 5.74) is 0.460. The Bertz CT molecular complexity index is 673. The number of unbranched alkanes of at least 4 members (excludes halogenated alkanes) is 7. The summed E-state index contributed by atoms with van der Waals surface area (Å²) in [4.78, 5) is 40.3. The van der Waals surface area contributed by atoms with Crippen molar-refractivity contribution >= 4 is 29.5 Å². The number of hydrogen-bond donors (Lipinski definition) is 1. The van der Waals surface area contributed by atoms with Gasteiger partial charge < -0.3 is 5.11 Å². The van der Waals surface area contributed by atoms with Gasteiger partial charge in [0.25, 0.3) is 11.8 Å². The SMILES string of the molecule is CCCCCCCCCCSC(C)(ON1C(=O)c2ccccc2C1=O)C(=O)O. The molecule has 1 aromatic carbocycles. The quantitative estimate of drug-likeness (QED) is 0.285. The minimum atomic E-state index is -1.70. The number of carboxylic acid groups (broad SMARTS) is 1. The normalized spacial score (nSPS) is 15.6. The zero-order valence-electron chi connectivity index (χ0n) is 16.6. The summed E-state index contributed by atoms with van der Waals surface area (Å²) < 4.78 is 0. The van der Waals surface area contributed by atoms with Crippen molar-refractivity contribution in [3.63, 3.8) is 0 Å². The number of rotatable bonds is 13. The molecule has 154 valence electrons. The first kappa shape index (κ1) is 22.4. The van der Waals surface area contributed by atoms with E-state index in [-0.39, 0.29) is 11.1 Å². The average Bonchev–Trinajstić information content (AvgIpc) is 2.92. The van der Waals surface area contributed by atoms with Crippen LogP contribution in [-0.2, 0) is 9.63 Å². The fraction of sp³-hybridized carbons (Fsp3) is 0.571. The molecule has 0 saturated heterocycles. The molecule has 0 bridgehead atoms. The summed E-state index contributed by atoms with van der Waals surface area (Å²) >= 11 is 1.11. The Balaban J connectivity index is 1.83. The van der Waals surface area contributed by atoms with E-state index in [1.807, 2.05) is 0 Å². The first-order valence-corrected chi connectivity index (χ1v) is 10.9. The summed E-state index contributed by atoms with van der Waals surface area (Å²) in [6.45, 7) is 3.58. The molecule has 1 unspecified atom stereocenters. The van der Waals surface area contributed by atoms with Crippen molar-refractivity contribution in [1.82, 2.24) is 5.06 Å². The summed E-state index contributed by atoms with van der Waals surface area (Å²) in [5, 5.41) is 10.2. The smallest absolute Gasteiger partial charge is 0.349 e. The molecule has 1 aliphatic rings. The number of aliphatic carboxylic acids is 1. The molecule has 0 fully saturated rings. The van der Waals surface area contributed by atoms with Crippen LogP contribution in [0.3, 0.4) is 0 Å². The van der Waals surface area contributed by atoms with E-state index in [4.69, 9.17) is 4.84 Å². The highest BCUT2D eigenvalue weighted by Crippen LogP contribution is 2.33. The molecule has 2 amide bonds. The number of carbonyl (C=O) groups excluding carboxylic acids is 2. The minimum Gasteiger partial charge on any atom is -0.478 e. The Morgan fingerprint density at radius 2 is 1.50 bits per heavy atom. The maximum atomic E-state index is 12.4. The van der Waals surface area contributed by atoms with Gasteiger partial charge in [-0.15, -0.1) is 16.8 Å². The van der Waals surface area contributed by atoms with Gasteiger partial charge in [-0.1, -0.05) is 64.0 Å². The van der Waals surface area contributed by atoms with Gasteiger partial charge in [-0.3, -0.25) is 9.59 Å². The van der Waals surface area contributed by atoms with E-state index in [0.29, 0.717) is 10.8 Å². The number of benzene rings is 1. The second kappa shape index (κ2) is 10.6. The van der Waals surface area contributed by atoms with Gasteiger partial charge in [0, 0.05) is 0 Å². The van der Waals surface area contributed by atoms with Crippen molar-refractivity contribution in [2.45, 2.75) is 70.1 Å². The topological polar surface area (TPSA) is 83.9 Å². The number of imide groups is 1. The van der Waals surface area contributed by atoms with Gasteiger partial charge in [0.15, 0.2) is 0 Å². The number of fused-ring (bicyclic) bond motifs is 1. The van der Waals surface area contributed by atoms with Crippen LogP contribution < -0.4 is 0 Å². The summed E-state index contributed by atoms with van der Waals surface area (Å²) in [6.07, 6.45) is 9.26. The maximum Gasteiger partial charge on any atom is 0.349 e. The van der Waals surface area contributed by atoms with Gasteiger partial charge in [0.05, 0.1) is 11.1 Å². The molecule has 1 N–H and O–H groups in total. The average molecular weight is 408 g/mol. The lowest BCUT2D eigenvalue weighted by atomic mass is 10.1. The minimum absolute atomic E-state index is 0.230. The van der Waals surface area contributed by atoms with Crippen molar-refractivity contribution < 1.29 is 24.3 Å². The molecule has 1 heterocycles. The van der Waals surface area contributed by atoms with Gasteiger partial charge in [-0.05, 0) is 31.2 Å². The Labute approximate surface area is 170 Å². The summed E-state index contributed by atoms with van der Waals surface area (Å²) in [6, 6.07) is 6.37. The third-order valence-corrected chi connectivity index (χ3v) is 6.08. The van der Waals surface area contributed by atoms with E-state index in [1.54, 1.807) is 12.1 Å². The number of thioether (sulfide) groups is 1. The third kappa shape index (κ3) is 5.58. The Kier molecular flexibility index (Phi) is 8.51. The maximum absolute atomic E-state index is 12.4. The van der Waals surface area contributed by atoms with Gasteiger partial charge in [0.2, 0.25) is 4.93 Å².